The van der Waals surface area contributed by atoms with Crippen molar-refractivity contribution in [3.63, 3.8) is 0 Å². The average molecular weight is 416 g/mol. The number of aryl methyl sites for hydroxylation is 2. The molecule has 2 aromatic carbocycles. The van der Waals surface area contributed by atoms with Gasteiger partial charge in [0.1, 0.15) is 0 Å². The number of benzene rings is 2. The highest BCUT2D eigenvalue weighted by molar-refractivity contribution is 7.01. The Balaban J connectivity index is 1.98. The molecule has 0 radical (unpaired) electrons. The van der Waals surface area contributed by atoms with Crippen molar-refractivity contribution in [1.29, 1.82) is 0 Å². The van der Waals surface area contributed by atoms with Crippen LogP contribution in [0.3, 0.4) is 0 Å². The van der Waals surface area contributed by atoms with E-state index in [9.17, 15) is 0 Å². The van der Waals surface area contributed by atoms with Gasteiger partial charge in [-0.25, -0.2) is 0 Å². The predicted molar refractivity (Wildman–Crippen MR) is 133 cm³/mol. The summed E-state index contributed by atoms with van der Waals surface area (Å²) in [7, 11) is -2.30. The van der Waals surface area contributed by atoms with Crippen LogP contribution in [0.1, 0.15) is 45.2 Å². The molecule has 1 nitrogen and oxygen atoms in total. The van der Waals surface area contributed by atoms with E-state index in [1.165, 1.54) is 27.9 Å². The SMILES string of the molecule is Cc1ccc([Si](NC(C)(C)C)(c2ccc(C)cc2)C2C(C)CC3C=CC=CC32)cc1. The van der Waals surface area contributed by atoms with Gasteiger partial charge in [0.2, 0.25) is 0 Å². The molecular weight excluding hydrogens is 378 g/mol. The second kappa shape index (κ2) is 7.98. The van der Waals surface area contributed by atoms with E-state index < -0.39 is 8.24 Å². The van der Waals surface area contributed by atoms with Crippen LogP contribution in [0.2, 0.25) is 5.54 Å². The summed E-state index contributed by atoms with van der Waals surface area (Å²) in [6.45, 7) is 13.9. The molecule has 4 rings (SSSR count). The van der Waals surface area contributed by atoms with E-state index in [2.05, 4.69) is 119 Å². The first-order chi connectivity index (χ1) is 14.2. The Morgan fingerprint density at radius 2 is 1.30 bits per heavy atom. The van der Waals surface area contributed by atoms with Crippen LogP contribution in [-0.2, 0) is 0 Å². The van der Waals surface area contributed by atoms with Crippen molar-refractivity contribution >= 4 is 18.6 Å². The molecule has 2 aromatic rings. The lowest BCUT2D eigenvalue weighted by Crippen LogP contribution is -2.76. The van der Waals surface area contributed by atoms with Crippen LogP contribution in [0.4, 0.5) is 0 Å². The van der Waals surface area contributed by atoms with Crippen molar-refractivity contribution < 1.29 is 0 Å². The Morgan fingerprint density at radius 1 is 0.800 bits per heavy atom. The van der Waals surface area contributed by atoms with E-state index in [4.69, 9.17) is 0 Å². The van der Waals surface area contributed by atoms with E-state index in [-0.39, 0.29) is 5.54 Å². The number of fused-ring (bicyclic) bond motifs is 1. The zero-order valence-electron chi connectivity index (χ0n) is 19.4. The van der Waals surface area contributed by atoms with Gasteiger partial charge in [-0.3, -0.25) is 0 Å². The topological polar surface area (TPSA) is 12.0 Å². The molecule has 0 heterocycles. The molecule has 0 saturated heterocycles. The predicted octanol–water partition coefficient (Wildman–Crippen LogP) is 5.52. The van der Waals surface area contributed by atoms with Gasteiger partial charge in [0.05, 0.1) is 0 Å². The quantitative estimate of drug-likeness (QED) is 0.648. The van der Waals surface area contributed by atoms with Gasteiger partial charge in [-0.1, -0.05) is 90.9 Å². The number of nitrogens with one attached hydrogen (secondary N) is 1. The Kier molecular flexibility index (Phi) is 5.67. The highest BCUT2D eigenvalue weighted by Gasteiger charge is 2.55. The van der Waals surface area contributed by atoms with Crippen molar-refractivity contribution in [2.75, 3.05) is 0 Å². The van der Waals surface area contributed by atoms with Gasteiger partial charge in [-0.2, -0.15) is 0 Å². The molecule has 2 aliphatic carbocycles. The first-order valence-electron chi connectivity index (χ1n) is 11.5. The molecule has 0 bridgehead atoms. The number of hydrogen-bond acceptors (Lipinski definition) is 1. The maximum Gasteiger partial charge on any atom is 0.194 e. The molecule has 2 heteroatoms. The summed E-state index contributed by atoms with van der Waals surface area (Å²) in [5.41, 5.74) is 3.32. The van der Waals surface area contributed by atoms with Gasteiger partial charge in [0.25, 0.3) is 0 Å². The molecule has 0 amide bonds. The average Bonchev–Trinajstić information content (AvgIpc) is 3.03. The number of rotatable bonds is 4. The largest absolute Gasteiger partial charge is 0.325 e. The normalized spacial score (nSPS) is 26.1. The zero-order valence-corrected chi connectivity index (χ0v) is 20.4. The number of hydrogen-bond donors (Lipinski definition) is 1. The van der Waals surface area contributed by atoms with E-state index in [0.717, 1.165) is 0 Å². The molecule has 2 aliphatic rings. The van der Waals surface area contributed by atoms with E-state index in [0.29, 0.717) is 23.3 Å². The summed E-state index contributed by atoms with van der Waals surface area (Å²) in [5.74, 6) is 1.95. The molecule has 30 heavy (non-hydrogen) atoms. The maximum absolute atomic E-state index is 4.33. The van der Waals surface area contributed by atoms with E-state index in [1.54, 1.807) is 0 Å². The van der Waals surface area contributed by atoms with Gasteiger partial charge >= 0.3 is 0 Å². The summed E-state index contributed by atoms with van der Waals surface area (Å²) in [5, 5.41) is 3.04. The minimum atomic E-state index is -2.30. The fourth-order valence-electron chi connectivity index (χ4n) is 5.97. The lowest BCUT2D eigenvalue weighted by molar-refractivity contribution is 0.482. The van der Waals surface area contributed by atoms with Crippen molar-refractivity contribution in [3.8, 4) is 0 Å². The molecule has 158 valence electrons. The first-order valence-corrected chi connectivity index (χ1v) is 13.6. The molecule has 4 unspecified atom stereocenters. The minimum Gasteiger partial charge on any atom is -0.325 e. The lowest BCUT2D eigenvalue weighted by atomic mass is 9.92. The Bertz CT molecular complexity index is 885. The van der Waals surface area contributed by atoms with Gasteiger partial charge in [0, 0.05) is 5.54 Å². The van der Waals surface area contributed by atoms with Gasteiger partial charge in [-0.15, -0.1) is 0 Å². The second-order valence-corrected chi connectivity index (χ2v) is 14.4. The fraction of sp³-hybridized carbons (Fsp3) is 0.429. The second-order valence-electron chi connectivity index (χ2n) is 10.7. The van der Waals surface area contributed by atoms with E-state index >= 15 is 0 Å². The summed E-state index contributed by atoms with van der Waals surface area (Å²) < 4.78 is 0. The molecule has 1 saturated carbocycles. The van der Waals surface area contributed by atoms with Crippen molar-refractivity contribution in [1.82, 2.24) is 4.98 Å². The third-order valence-electron chi connectivity index (χ3n) is 7.05. The van der Waals surface area contributed by atoms with E-state index in [1.807, 2.05) is 0 Å². The standard InChI is InChI=1S/C28H37NSi/c1-20-11-15-24(16-12-20)30(29-28(4,5)6,25-17-13-21(2)14-18-25)27-22(3)19-23-9-7-8-10-26(23)27/h7-18,22-23,26-27,29H,19H2,1-6H3. The van der Waals surface area contributed by atoms with Gasteiger partial charge < -0.3 is 4.98 Å². The molecule has 0 spiro atoms. The third-order valence-corrected chi connectivity index (χ3v) is 12.6. The maximum atomic E-state index is 4.33. The van der Waals surface area contributed by atoms with Crippen molar-refractivity contribution in [2.45, 2.75) is 59.0 Å². The van der Waals surface area contributed by atoms with Crippen LogP contribution < -0.4 is 15.4 Å². The van der Waals surface area contributed by atoms with Crippen LogP contribution in [0.25, 0.3) is 0 Å². The molecule has 1 N–H and O–H groups in total. The molecule has 4 atom stereocenters. The zero-order chi connectivity index (χ0) is 21.5. The summed E-state index contributed by atoms with van der Waals surface area (Å²) in [4.78, 5) is 4.33. The van der Waals surface area contributed by atoms with Crippen molar-refractivity contribution in [3.05, 3.63) is 84.0 Å². The fourth-order valence-corrected chi connectivity index (χ4v) is 12.0. The molecule has 0 aliphatic heterocycles. The van der Waals surface area contributed by atoms with Crippen LogP contribution in [0.15, 0.2) is 72.8 Å². The highest BCUT2D eigenvalue weighted by Crippen LogP contribution is 2.52. The van der Waals surface area contributed by atoms with Gasteiger partial charge in [0.15, 0.2) is 8.24 Å². The third kappa shape index (κ3) is 3.88. The van der Waals surface area contributed by atoms with Crippen LogP contribution in [-0.4, -0.2) is 13.8 Å². The van der Waals surface area contributed by atoms with Crippen LogP contribution in [0, 0.1) is 31.6 Å². The highest BCUT2D eigenvalue weighted by atomic mass is 28.3. The smallest absolute Gasteiger partial charge is 0.194 e. The van der Waals surface area contributed by atoms with Crippen molar-refractivity contribution in [2.24, 2.45) is 17.8 Å². The van der Waals surface area contributed by atoms with Gasteiger partial charge in [-0.05, 0) is 74.7 Å². The number of allylic oxidation sites excluding steroid dienone is 4. The Hall–Kier alpha value is -1.90. The molecule has 0 aromatic heterocycles. The molecular formula is C28H37NSi. The first kappa shape index (κ1) is 21.3. The van der Waals surface area contributed by atoms with Crippen LogP contribution in [0.5, 0.6) is 0 Å². The monoisotopic (exact) mass is 415 g/mol. The Labute approximate surface area is 184 Å². The minimum absolute atomic E-state index is 0.0357. The van der Waals surface area contributed by atoms with Crippen LogP contribution >= 0.6 is 0 Å². The summed E-state index contributed by atoms with van der Waals surface area (Å²) >= 11 is 0. The Morgan fingerprint density at radius 3 is 1.80 bits per heavy atom. The summed E-state index contributed by atoms with van der Waals surface area (Å²) in [6.07, 6.45) is 10.8. The lowest BCUT2D eigenvalue weighted by Gasteiger charge is -2.47. The summed E-state index contributed by atoms with van der Waals surface area (Å²) in [6, 6.07) is 18.9. The molecule has 1 fully saturated rings.